The van der Waals surface area contributed by atoms with Crippen LogP contribution in [0.15, 0.2) is 23.0 Å². The summed E-state index contributed by atoms with van der Waals surface area (Å²) in [5.41, 5.74) is 0.637. The van der Waals surface area contributed by atoms with Crippen molar-refractivity contribution in [2.75, 3.05) is 20.8 Å². The second-order valence-electron chi connectivity index (χ2n) is 5.98. The second-order valence-corrected chi connectivity index (χ2v) is 5.98. The van der Waals surface area contributed by atoms with Gasteiger partial charge in [0.05, 0.1) is 25.5 Å². The Kier molecular flexibility index (Phi) is 4.90. The lowest BCUT2D eigenvalue weighted by Gasteiger charge is -2.28. The number of hydrogen-bond donors (Lipinski definition) is 1. The quantitative estimate of drug-likeness (QED) is 0.896. The van der Waals surface area contributed by atoms with E-state index in [2.05, 4.69) is 4.98 Å². The normalized spacial score (nSPS) is 14.8. The highest BCUT2D eigenvalue weighted by Crippen LogP contribution is 2.29. The van der Waals surface area contributed by atoms with Crippen LogP contribution in [-0.2, 0) is 25.7 Å². The number of benzene rings is 1. The molecule has 1 aromatic carbocycles. The minimum atomic E-state index is -4.66. The van der Waals surface area contributed by atoms with E-state index in [0.717, 1.165) is 5.56 Å². The average molecular weight is 369 g/mol. The zero-order valence-electron chi connectivity index (χ0n) is 14.3. The molecule has 1 aromatic heterocycles. The molecule has 0 amide bonds. The van der Waals surface area contributed by atoms with Gasteiger partial charge in [0.1, 0.15) is 11.5 Å². The maximum absolute atomic E-state index is 12.8. The number of nitrogens with one attached hydrogen (secondary N) is 1. The van der Waals surface area contributed by atoms with Gasteiger partial charge in [-0.2, -0.15) is 13.2 Å². The zero-order valence-corrected chi connectivity index (χ0v) is 14.3. The van der Waals surface area contributed by atoms with Gasteiger partial charge in [0.2, 0.25) is 5.82 Å². The van der Waals surface area contributed by atoms with Gasteiger partial charge < -0.3 is 14.5 Å². The fourth-order valence-corrected chi connectivity index (χ4v) is 2.97. The van der Waals surface area contributed by atoms with Crippen molar-refractivity contribution in [3.05, 3.63) is 51.2 Å². The van der Waals surface area contributed by atoms with Gasteiger partial charge in [-0.25, -0.2) is 4.98 Å². The number of aromatic amines is 1. The van der Waals surface area contributed by atoms with Crippen LogP contribution in [-0.4, -0.2) is 35.6 Å². The summed E-state index contributed by atoms with van der Waals surface area (Å²) in [7, 11) is 3.11. The summed E-state index contributed by atoms with van der Waals surface area (Å²) in [6.45, 7) is 1.22. The van der Waals surface area contributed by atoms with Gasteiger partial charge in [-0.1, -0.05) is 6.07 Å². The number of fused-ring (bicyclic) bond motifs is 1. The molecule has 26 heavy (non-hydrogen) atoms. The van der Waals surface area contributed by atoms with Crippen molar-refractivity contribution in [1.29, 1.82) is 0 Å². The van der Waals surface area contributed by atoms with Gasteiger partial charge in [0.15, 0.2) is 0 Å². The highest BCUT2D eigenvalue weighted by molar-refractivity contribution is 5.40. The molecule has 9 heteroatoms. The molecule has 3 rings (SSSR count). The Labute approximate surface area is 147 Å². The van der Waals surface area contributed by atoms with Gasteiger partial charge in [-0.3, -0.25) is 9.69 Å². The number of ether oxygens (including phenoxy) is 2. The number of alkyl halides is 3. The standard InChI is InChI=1S/C17H18F3N3O3/c1-25-11-4-3-10(14(7-11)26-2)8-23-6-5-13-12(9-23)15(24)22-16(21-13)17(18,19)20/h3-4,7H,5-6,8-9H2,1-2H3,(H,21,22,24). The fourth-order valence-electron chi connectivity index (χ4n) is 2.97. The molecule has 0 spiro atoms. The van der Waals surface area contributed by atoms with Gasteiger partial charge in [-0.15, -0.1) is 0 Å². The molecule has 1 N–H and O–H groups in total. The Hall–Kier alpha value is -2.55. The van der Waals surface area contributed by atoms with E-state index < -0.39 is 17.6 Å². The van der Waals surface area contributed by atoms with Crippen LogP contribution in [0.25, 0.3) is 0 Å². The van der Waals surface area contributed by atoms with Gasteiger partial charge in [-0.05, 0) is 6.07 Å². The molecule has 0 radical (unpaired) electrons. The lowest BCUT2D eigenvalue weighted by atomic mass is 10.1. The van der Waals surface area contributed by atoms with E-state index in [1.54, 1.807) is 26.4 Å². The Morgan fingerprint density at radius 1 is 1.27 bits per heavy atom. The average Bonchev–Trinajstić information content (AvgIpc) is 2.61. The highest BCUT2D eigenvalue weighted by atomic mass is 19.4. The second kappa shape index (κ2) is 6.99. The van der Waals surface area contributed by atoms with Crippen LogP contribution in [0.1, 0.15) is 22.6 Å². The van der Waals surface area contributed by atoms with Crippen LogP contribution in [0.5, 0.6) is 11.5 Å². The summed E-state index contributed by atoms with van der Waals surface area (Å²) in [6, 6.07) is 5.43. The van der Waals surface area contributed by atoms with E-state index in [1.165, 1.54) is 0 Å². The third-order valence-electron chi connectivity index (χ3n) is 4.30. The van der Waals surface area contributed by atoms with Crippen LogP contribution in [0, 0.1) is 0 Å². The van der Waals surface area contributed by atoms with Crippen molar-refractivity contribution in [2.45, 2.75) is 25.7 Å². The monoisotopic (exact) mass is 369 g/mol. The summed E-state index contributed by atoms with van der Waals surface area (Å²) in [6.07, 6.45) is -4.39. The first kappa shape index (κ1) is 18.2. The molecule has 140 valence electrons. The zero-order chi connectivity index (χ0) is 18.9. The Morgan fingerprint density at radius 3 is 2.69 bits per heavy atom. The Bertz CT molecular complexity index is 865. The van der Waals surface area contributed by atoms with E-state index in [-0.39, 0.29) is 24.2 Å². The summed E-state index contributed by atoms with van der Waals surface area (Å²) in [5, 5.41) is 0. The molecule has 2 aromatic rings. The molecule has 0 saturated carbocycles. The summed E-state index contributed by atoms with van der Waals surface area (Å²) in [4.78, 5) is 19.5. The molecule has 0 unspecified atom stereocenters. The molecular formula is C17H18F3N3O3. The minimum Gasteiger partial charge on any atom is -0.497 e. The number of aromatic nitrogens is 2. The van der Waals surface area contributed by atoms with Gasteiger partial charge >= 0.3 is 6.18 Å². The number of halogens is 3. The molecule has 2 heterocycles. The van der Waals surface area contributed by atoms with Crippen molar-refractivity contribution in [2.24, 2.45) is 0 Å². The Balaban J connectivity index is 1.82. The predicted octanol–water partition coefficient (Wildman–Crippen LogP) is 2.36. The van der Waals surface area contributed by atoms with Crippen LogP contribution in [0.4, 0.5) is 13.2 Å². The van der Waals surface area contributed by atoms with Crippen molar-refractivity contribution in [1.82, 2.24) is 14.9 Å². The number of hydrogen-bond acceptors (Lipinski definition) is 5. The van der Waals surface area contributed by atoms with Crippen LogP contribution in [0.3, 0.4) is 0 Å². The molecule has 1 aliphatic rings. The third-order valence-corrected chi connectivity index (χ3v) is 4.30. The maximum Gasteiger partial charge on any atom is 0.449 e. The summed E-state index contributed by atoms with van der Waals surface area (Å²) >= 11 is 0. The molecular weight excluding hydrogens is 351 g/mol. The van der Waals surface area contributed by atoms with Crippen molar-refractivity contribution < 1.29 is 22.6 Å². The first-order valence-electron chi connectivity index (χ1n) is 7.94. The third kappa shape index (κ3) is 3.67. The number of rotatable bonds is 4. The molecule has 0 atom stereocenters. The number of nitrogens with zero attached hydrogens (tertiary/aromatic N) is 2. The molecule has 0 fully saturated rings. The maximum atomic E-state index is 12.8. The van der Waals surface area contributed by atoms with Crippen molar-refractivity contribution >= 4 is 0 Å². The smallest absolute Gasteiger partial charge is 0.449 e. The van der Waals surface area contributed by atoms with E-state index in [4.69, 9.17) is 9.47 Å². The summed E-state index contributed by atoms with van der Waals surface area (Å²) in [5.74, 6) is 0.0658. The number of methoxy groups -OCH3 is 2. The van der Waals surface area contributed by atoms with Gasteiger partial charge in [0, 0.05) is 37.7 Å². The molecule has 1 aliphatic heterocycles. The first-order valence-corrected chi connectivity index (χ1v) is 7.94. The lowest BCUT2D eigenvalue weighted by molar-refractivity contribution is -0.145. The van der Waals surface area contributed by atoms with Crippen molar-refractivity contribution in [3.8, 4) is 11.5 Å². The number of H-pyrrole nitrogens is 1. The molecule has 0 bridgehead atoms. The Morgan fingerprint density at radius 2 is 2.04 bits per heavy atom. The van der Waals surface area contributed by atoms with E-state index in [1.807, 2.05) is 16.0 Å². The topological polar surface area (TPSA) is 67.5 Å². The molecule has 6 nitrogen and oxygen atoms in total. The molecule has 0 aliphatic carbocycles. The minimum absolute atomic E-state index is 0.207. The van der Waals surface area contributed by atoms with Crippen LogP contribution >= 0.6 is 0 Å². The fraction of sp³-hybridized carbons (Fsp3) is 0.412. The summed E-state index contributed by atoms with van der Waals surface area (Å²) < 4.78 is 48.9. The lowest BCUT2D eigenvalue weighted by Crippen LogP contribution is -2.36. The SMILES string of the molecule is COc1ccc(CN2CCc3nc(C(F)(F)F)[nH]c(=O)c3C2)c(OC)c1. The van der Waals surface area contributed by atoms with E-state index >= 15 is 0 Å². The van der Waals surface area contributed by atoms with Crippen LogP contribution in [0.2, 0.25) is 0 Å². The van der Waals surface area contributed by atoms with E-state index in [0.29, 0.717) is 24.6 Å². The van der Waals surface area contributed by atoms with Crippen LogP contribution < -0.4 is 15.0 Å². The largest absolute Gasteiger partial charge is 0.497 e. The van der Waals surface area contributed by atoms with Crippen molar-refractivity contribution in [3.63, 3.8) is 0 Å². The molecule has 0 saturated heterocycles. The highest BCUT2D eigenvalue weighted by Gasteiger charge is 2.36. The van der Waals surface area contributed by atoms with Gasteiger partial charge in [0.25, 0.3) is 5.56 Å². The predicted molar refractivity (Wildman–Crippen MR) is 87.2 cm³/mol. The first-order chi connectivity index (χ1) is 12.3. The van der Waals surface area contributed by atoms with E-state index in [9.17, 15) is 18.0 Å².